The van der Waals surface area contributed by atoms with E-state index in [2.05, 4.69) is 5.32 Å². The van der Waals surface area contributed by atoms with Crippen LogP contribution < -0.4 is 5.32 Å². The molecule has 2 aromatic carbocycles. The first-order valence-electron chi connectivity index (χ1n) is 7.81. The zero-order valence-electron chi connectivity index (χ0n) is 13.4. The van der Waals surface area contributed by atoms with Crippen LogP contribution in [0.3, 0.4) is 0 Å². The number of amides is 1. The molecule has 1 amide bonds. The van der Waals surface area contributed by atoms with Crippen LogP contribution in [-0.2, 0) is 27.4 Å². The molecule has 5 heteroatoms. The van der Waals surface area contributed by atoms with E-state index in [1.54, 1.807) is 0 Å². The van der Waals surface area contributed by atoms with Gasteiger partial charge in [0, 0.05) is 0 Å². The molecule has 126 valence electrons. The number of rotatable bonds is 8. The summed E-state index contributed by atoms with van der Waals surface area (Å²) in [7, 11) is 0. The fraction of sp³-hybridized carbons (Fsp3) is 0.263. The lowest BCUT2D eigenvalue weighted by atomic mass is 9.99. The van der Waals surface area contributed by atoms with Crippen LogP contribution in [0.5, 0.6) is 0 Å². The molecule has 0 unspecified atom stereocenters. The van der Waals surface area contributed by atoms with Gasteiger partial charge in [0.25, 0.3) is 0 Å². The maximum absolute atomic E-state index is 12.1. The molecule has 0 saturated heterocycles. The number of benzene rings is 2. The van der Waals surface area contributed by atoms with Gasteiger partial charge in [0.15, 0.2) is 0 Å². The smallest absolute Gasteiger partial charge is 0.325 e. The number of ether oxygens (including phenoxy) is 1. The van der Waals surface area contributed by atoms with Crippen LogP contribution in [0, 0.1) is 5.92 Å². The predicted molar refractivity (Wildman–Crippen MR) is 90.0 cm³/mol. The third kappa shape index (κ3) is 5.85. The van der Waals surface area contributed by atoms with Gasteiger partial charge in [0.1, 0.15) is 13.2 Å². The van der Waals surface area contributed by atoms with Gasteiger partial charge in [-0.15, -0.1) is 0 Å². The van der Waals surface area contributed by atoms with Gasteiger partial charge < -0.3 is 15.2 Å². The molecular formula is C19H21NO4. The summed E-state index contributed by atoms with van der Waals surface area (Å²) in [4.78, 5) is 23.8. The SMILES string of the molecule is O=C(CNC(=O)[C@H](CO)Cc1ccccc1)OCc1ccccc1. The lowest BCUT2D eigenvalue weighted by molar-refractivity contribution is -0.145. The Morgan fingerprint density at radius 1 is 0.958 bits per heavy atom. The van der Waals surface area contributed by atoms with E-state index in [4.69, 9.17) is 4.74 Å². The van der Waals surface area contributed by atoms with Crippen molar-refractivity contribution in [3.05, 3.63) is 71.8 Å². The number of carbonyl (C=O) groups is 2. The van der Waals surface area contributed by atoms with E-state index < -0.39 is 11.9 Å². The molecule has 0 aliphatic rings. The van der Waals surface area contributed by atoms with E-state index in [0.717, 1.165) is 11.1 Å². The van der Waals surface area contributed by atoms with E-state index in [9.17, 15) is 14.7 Å². The Morgan fingerprint density at radius 3 is 2.12 bits per heavy atom. The summed E-state index contributed by atoms with van der Waals surface area (Å²) in [6, 6.07) is 18.7. The molecule has 2 rings (SSSR count). The fourth-order valence-corrected chi connectivity index (χ4v) is 2.23. The Kier molecular flexibility index (Phi) is 6.98. The molecule has 0 fully saturated rings. The van der Waals surface area contributed by atoms with Gasteiger partial charge in [0.05, 0.1) is 12.5 Å². The minimum absolute atomic E-state index is 0.170. The molecule has 0 saturated carbocycles. The number of aliphatic hydroxyl groups is 1. The molecule has 0 radical (unpaired) electrons. The van der Waals surface area contributed by atoms with E-state index in [-0.39, 0.29) is 25.7 Å². The summed E-state index contributed by atoms with van der Waals surface area (Å²) in [6.45, 7) is -0.320. The molecule has 0 aromatic heterocycles. The maximum atomic E-state index is 12.1. The Morgan fingerprint density at radius 2 is 1.54 bits per heavy atom. The first-order valence-corrected chi connectivity index (χ1v) is 7.81. The first kappa shape index (κ1) is 17.7. The van der Waals surface area contributed by atoms with Gasteiger partial charge in [-0.05, 0) is 17.5 Å². The van der Waals surface area contributed by atoms with Crippen LogP contribution in [0.4, 0.5) is 0 Å². The zero-order valence-corrected chi connectivity index (χ0v) is 13.4. The molecule has 2 aromatic rings. The van der Waals surface area contributed by atoms with Crippen molar-refractivity contribution in [2.45, 2.75) is 13.0 Å². The lowest BCUT2D eigenvalue weighted by Crippen LogP contribution is -2.37. The highest BCUT2D eigenvalue weighted by Crippen LogP contribution is 2.08. The molecule has 0 aliphatic heterocycles. The van der Waals surface area contributed by atoms with Crippen molar-refractivity contribution in [2.75, 3.05) is 13.2 Å². The third-order valence-electron chi connectivity index (χ3n) is 3.57. The Labute approximate surface area is 141 Å². The molecule has 1 atom stereocenters. The Balaban J connectivity index is 1.75. The second-order valence-electron chi connectivity index (χ2n) is 5.43. The average Bonchev–Trinajstić information content (AvgIpc) is 2.64. The standard InChI is InChI=1S/C19H21NO4/c21-13-17(11-15-7-3-1-4-8-15)19(23)20-12-18(22)24-14-16-9-5-2-6-10-16/h1-10,17,21H,11-14H2,(H,20,23)/t17-/m0/s1. The number of carbonyl (C=O) groups excluding carboxylic acids is 2. The van der Waals surface area contributed by atoms with Crippen LogP contribution in [0.25, 0.3) is 0 Å². The van der Waals surface area contributed by atoms with Gasteiger partial charge in [-0.3, -0.25) is 9.59 Å². The summed E-state index contributed by atoms with van der Waals surface area (Å²) in [5.74, 6) is -1.46. The number of aliphatic hydroxyl groups excluding tert-OH is 1. The van der Waals surface area contributed by atoms with E-state index in [0.29, 0.717) is 6.42 Å². The summed E-state index contributed by atoms with van der Waals surface area (Å²) < 4.78 is 5.09. The minimum atomic E-state index is -0.589. The molecule has 0 bridgehead atoms. The second kappa shape index (κ2) is 9.47. The highest BCUT2D eigenvalue weighted by Gasteiger charge is 2.18. The number of esters is 1. The average molecular weight is 327 g/mol. The van der Waals surface area contributed by atoms with Crippen LogP contribution in [0.15, 0.2) is 60.7 Å². The summed E-state index contributed by atoms with van der Waals surface area (Å²) in [6.07, 6.45) is 0.419. The van der Waals surface area contributed by atoms with Gasteiger partial charge in [-0.25, -0.2) is 0 Å². The largest absolute Gasteiger partial charge is 0.460 e. The van der Waals surface area contributed by atoms with Crippen LogP contribution in [-0.4, -0.2) is 30.1 Å². The molecule has 0 aliphatic carbocycles. The van der Waals surface area contributed by atoms with Gasteiger partial charge in [-0.2, -0.15) is 0 Å². The number of nitrogens with one attached hydrogen (secondary N) is 1. The van der Waals surface area contributed by atoms with Crippen LogP contribution in [0.2, 0.25) is 0 Å². The van der Waals surface area contributed by atoms with Gasteiger partial charge in [0.2, 0.25) is 5.91 Å². The van der Waals surface area contributed by atoms with Crippen molar-refractivity contribution >= 4 is 11.9 Å². The topological polar surface area (TPSA) is 75.6 Å². The molecule has 0 spiro atoms. The molecule has 0 heterocycles. The molecular weight excluding hydrogens is 306 g/mol. The maximum Gasteiger partial charge on any atom is 0.325 e. The highest BCUT2D eigenvalue weighted by molar-refractivity contribution is 5.83. The lowest BCUT2D eigenvalue weighted by Gasteiger charge is -2.14. The predicted octanol–water partition coefficient (Wildman–Crippen LogP) is 1.70. The quantitative estimate of drug-likeness (QED) is 0.724. The normalized spacial score (nSPS) is 11.5. The van der Waals surface area contributed by atoms with Gasteiger partial charge >= 0.3 is 5.97 Å². The Bertz CT molecular complexity index is 643. The highest BCUT2D eigenvalue weighted by atomic mass is 16.5. The molecule has 2 N–H and O–H groups in total. The minimum Gasteiger partial charge on any atom is -0.460 e. The van der Waals surface area contributed by atoms with E-state index in [1.807, 2.05) is 60.7 Å². The Hall–Kier alpha value is -2.66. The van der Waals surface area contributed by atoms with Crippen LogP contribution >= 0.6 is 0 Å². The van der Waals surface area contributed by atoms with Gasteiger partial charge in [-0.1, -0.05) is 60.7 Å². The third-order valence-corrected chi connectivity index (χ3v) is 3.57. The van der Waals surface area contributed by atoms with Crippen molar-refractivity contribution in [1.82, 2.24) is 5.32 Å². The summed E-state index contributed by atoms with van der Waals surface area (Å²) in [5.41, 5.74) is 1.84. The summed E-state index contributed by atoms with van der Waals surface area (Å²) in [5, 5.41) is 11.9. The summed E-state index contributed by atoms with van der Waals surface area (Å²) >= 11 is 0. The van der Waals surface area contributed by atoms with E-state index >= 15 is 0 Å². The second-order valence-corrected chi connectivity index (χ2v) is 5.43. The number of hydrogen-bond donors (Lipinski definition) is 2. The first-order chi connectivity index (χ1) is 11.7. The van der Waals surface area contributed by atoms with E-state index in [1.165, 1.54) is 0 Å². The zero-order chi connectivity index (χ0) is 17.2. The molecule has 24 heavy (non-hydrogen) atoms. The van der Waals surface area contributed by atoms with Crippen molar-refractivity contribution in [2.24, 2.45) is 5.92 Å². The van der Waals surface area contributed by atoms with Crippen molar-refractivity contribution in [1.29, 1.82) is 0 Å². The fourth-order valence-electron chi connectivity index (χ4n) is 2.23. The molecule has 5 nitrogen and oxygen atoms in total. The number of hydrogen-bond acceptors (Lipinski definition) is 4. The van der Waals surface area contributed by atoms with Crippen LogP contribution in [0.1, 0.15) is 11.1 Å². The van der Waals surface area contributed by atoms with Crippen molar-refractivity contribution in [3.8, 4) is 0 Å². The monoisotopic (exact) mass is 327 g/mol. The van der Waals surface area contributed by atoms with Crippen molar-refractivity contribution in [3.63, 3.8) is 0 Å². The van der Waals surface area contributed by atoms with Crippen molar-refractivity contribution < 1.29 is 19.4 Å².